The van der Waals surface area contributed by atoms with Crippen LogP contribution in [0.15, 0.2) is 27.6 Å². The molecule has 0 saturated carbocycles. The zero-order chi connectivity index (χ0) is 17.6. The Hall–Kier alpha value is -2.33. The fourth-order valence-electron chi connectivity index (χ4n) is 2.52. The first kappa shape index (κ1) is 16.5. The molecule has 0 unspecified atom stereocenters. The van der Waals surface area contributed by atoms with Gasteiger partial charge in [0.25, 0.3) is 0 Å². The Balaban J connectivity index is 1.96. The third-order valence-corrected chi connectivity index (χ3v) is 3.86. The van der Waals surface area contributed by atoms with Gasteiger partial charge in [0.1, 0.15) is 47.0 Å². The van der Waals surface area contributed by atoms with Gasteiger partial charge in [-0.1, -0.05) is 0 Å². The molecular formula is C15H16O9. The SMILES string of the molecule is C[C@H]1O[C@H](Oc2coc3cc(O)cc(O)c3c2=O)[C@H](O)[C@H](O)[C@H]1O. The Morgan fingerprint density at radius 2 is 1.79 bits per heavy atom. The van der Waals surface area contributed by atoms with Crippen LogP contribution in [0.2, 0.25) is 0 Å². The highest BCUT2D eigenvalue weighted by Gasteiger charge is 2.43. The second-order valence-corrected chi connectivity index (χ2v) is 5.57. The molecular weight excluding hydrogens is 324 g/mol. The minimum atomic E-state index is -1.60. The van der Waals surface area contributed by atoms with Crippen LogP contribution >= 0.6 is 0 Å². The van der Waals surface area contributed by atoms with E-state index < -0.39 is 41.9 Å². The van der Waals surface area contributed by atoms with Crippen molar-refractivity contribution in [2.75, 3.05) is 0 Å². The average Bonchev–Trinajstić information content (AvgIpc) is 2.52. The average molecular weight is 340 g/mol. The van der Waals surface area contributed by atoms with E-state index in [4.69, 9.17) is 13.9 Å². The summed E-state index contributed by atoms with van der Waals surface area (Å²) in [5, 5.41) is 48.3. The minimum absolute atomic E-state index is 0.0567. The molecule has 5 N–H and O–H groups in total. The van der Waals surface area contributed by atoms with Gasteiger partial charge in [-0.05, 0) is 6.92 Å². The number of aromatic hydroxyl groups is 2. The lowest BCUT2D eigenvalue weighted by molar-refractivity contribution is -0.268. The summed E-state index contributed by atoms with van der Waals surface area (Å²) in [5.41, 5.74) is -0.809. The van der Waals surface area contributed by atoms with E-state index in [-0.39, 0.29) is 22.5 Å². The van der Waals surface area contributed by atoms with E-state index in [0.29, 0.717) is 0 Å². The molecule has 9 nitrogen and oxygen atoms in total. The third-order valence-electron chi connectivity index (χ3n) is 3.86. The molecule has 2 aromatic rings. The van der Waals surface area contributed by atoms with Gasteiger partial charge in [-0.3, -0.25) is 4.79 Å². The van der Waals surface area contributed by atoms with Crippen LogP contribution in [-0.4, -0.2) is 56.2 Å². The molecule has 24 heavy (non-hydrogen) atoms. The van der Waals surface area contributed by atoms with Gasteiger partial charge >= 0.3 is 0 Å². The van der Waals surface area contributed by atoms with Crippen molar-refractivity contribution in [1.82, 2.24) is 0 Å². The molecule has 0 spiro atoms. The molecule has 5 atom stereocenters. The van der Waals surface area contributed by atoms with Crippen molar-refractivity contribution in [2.24, 2.45) is 0 Å². The fourth-order valence-corrected chi connectivity index (χ4v) is 2.52. The number of hydrogen-bond donors (Lipinski definition) is 5. The van der Waals surface area contributed by atoms with Gasteiger partial charge in [-0.25, -0.2) is 0 Å². The van der Waals surface area contributed by atoms with Gasteiger partial charge in [-0.15, -0.1) is 0 Å². The maximum atomic E-state index is 12.4. The van der Waals surface area contributed by atoms with Crippen LogP contribution in [0.5, 0.6) is 17.2 Å². The van der Waals surface area contributed by atoms with Crippen LogP contribution in [0, 0.1) is 0 Å². The summed E-state index contributed by atoms with van der Waals surface area (Å²) in [7, 11) is 0. The van der Waals surface area contributed by atoms with Crippen LogP contribution in [0.4, 0.5) is 0 Å². The molecule has 0 amide bonds. The van der Waals surface area contributed by atoms with Crippen molar-refractivity contribution in [2.45, 2.75) is 37.6 Å². The first-order valence-corrected chi connectivity index (χ1v) is 7.13. The normalized spacial score (nSPS) is 30.4. The molecule has 1 aliphatic rings. The lowest BCUT2D eigenvalue weighted by atomic mass is 10.00. The molecule has 130 valence electrons. The molecule has 0 aliphatic carbocycles. The van der Waals surface area contributed by atoms with E-state index in [1.165, 1.54) is 6.92 Å². The van der Waals surface area contributed by atoms with Gasteiger partial charge in [0.15, 0.2) is 0 Å². The van der Waals surface area contributed by atoms with E-state index in [2.05, 4.69) is 0 Å². The van der Waals surface area contributed by atoms with Gasteiger partial charge in [0.2, 0.25) is 17.5 Å². The summed E-state index contributed by atoms with van der Waals surface area (Å²) in [6, 6.07) is 2.12. The Morgan fingerprint density at radius 3 is 2.50 bits per heavy atom. The lowest BCUT2D eigenvalue weighted by Crippen LogP contribution is -2.58. The van der Waals surface area contributed by atoms with Crippen LogP contribution in [0.25, 0.3) is 11.0 Å². The van der Waals surface area contributed by atoms with Gasteiger partial charge < -0.3 is 39.4 Å². The standard InChI is InChI=1S/C15H16O9/c1-5-11(18)13(20)14(21)15(23-5)24-9-4-22-8-3-6(16)2-7(17)10(8)12(9)19/h2-5,11,13-18,20-21H,1H3/t5-,11+,13-,14-,15-/m1/s1. The molecule has 2 heterocycles. The molecule has 0 radical (unpaired) electrons. The number of hydrogen-bond acceptors (Lipinski definition) is 9. The van der Waals surface area contributed by atoms with Crippen molar-refractivity contribution in [3.63, 3.8) is 0 Å². The van der Waals surface area contributed by atoms with Crippen molar-refractivity contribution in [1.29, 1.82) is 0 Å². The lowest BCUT2D eigenvalue weighted by Gasteiger charge is -2.38. The molecule has 3 rings (SSSR count). The summed E-state index contributed by atoms with van der Waals surface area (Å²) < 4.78 is 15.6. The Kier molecular flexibility index (Phi) is 4.10. The van der Waals surface area contributed by atoms with Crippen LogP contribution in [0.1, 0.15) is 6.92 Å². The van der Waals surface area contributed by atoms with Crippen molar-refractivity contribution < 1.29 is 39.4 Å². The number of aliphatic hydroxyl groups is 3. The maximum Gasteiger partial charge on any atom is 0.238 e. The highest BCUT2D eigenvalue weighted by atomic mass is 16.7. The first-order chi connectivity index (χ1) is 11.3. The summed E-state index contributed by atoms with van der Waals surface area (Å²) in [6.07, 6.45) is -5.75. The van der Waals surface area contributed by atoms with Gasteiger partial charge in [0.05, 0.1) is 6.10 Å². The Morgan fingerprint density at radius 1 is 1.08 bits per heavy atom. The van der Waals surface area contributed by atoms with E-state index in [1.54, 1.807) is 0 Å². The highest BCUT2D eigenvalue weighted by Crippen LogP contribution is 2.30. The van der Waals surface area contributed by atoms with Crippen molar-refractivity contribution in [3.8, 4) is 17.2 Å². The predicted molar refractivity (Wildman–Crippen MR) is 78.8 cm³/mol. The molecule has 1 fully saturated rings. The maximum absolute atomic E-state index is 12.4. The van der Waals surface area contributed by atoms with Crippen molar-refractivity contribution >= 4 is 11.0 Å². The quantitative estimate of drug-likeness (QED) is 0.483. The minimum Gasteiger partial charge on any atom is -0.508 e. The van der Waals surface area contributed by atoms with E-state index >= 15 is 0 Å². The summed E-state index contributed by atoms with van der Waals surface area (Å²) in [5.74, 6) is -1.16. The summed E-state index contributed by atoms with van der Waals surface area (Å²) >= 11 is 0. The summed E-state index contributed by atoms with van der Waals surface area (Å²) in [6.45, 7) is 1.47. The largest absolute Gasteiger partial charge is 0.508 e. The number of benzene rings is 1. The van der Waals surface area contributed by atoms with Crippen LogP contribution in [-0.2, 0) is 4.74 Å². The zero-order valence-electron chi connectivity index (χ0n) is 12.5. The van der Waals surface area contributed by atoms with Crippen molar-refractivity contribution in [3.05, 3.63) is 28.6 Å². The fraction of sp³-hybridized carbons (Fsp3) is 0.400. The third kappa shape index (κ3) is 2.67. The number of fused-ring (bicyclic) bond motifs is 1. The van der Waals surface area contributed by atoms with E-state index in [1.807, 2.05) is 0 Å². The van der Waals surface area contributed by atoms with Gasteiger partial charge in [-0.2, -0.15) is 0 Å². The molecule has 9 heteroatoms. The highest BCUT2D eigenvalue weighted by molar-refractivity contribution is 5.85. The molecule has 1 aromatic heterocycles. The van der Waals surface area contributed by atoms with Crippen LogP contribution < -0.4 is 10.2 Å². The monoisotopic (exact) mass is 340 g/mol. The summed E-state index contributed by atoms with van der Waals surface area (Å²) in [4.78, 5) is 12.4. The first-order valence-electron chi connectivity index (χ1n) is 7.13. The Bertz CT molecular complexity index is 814. The smallest absolute Gasteiger partial charge is 0.238 e. The van der Waals surface area contributed by atoms with Crippen LogP contribution in [0.3, 0.4) is 0 Å². The second kappa shape index (κ2) is 5.95. The zero-order valence-corrected chi connectivity index (χ0v) is 12.5. The number of aliphatic hydroxyl groups excluding tert-OH is 3. The molecule has 1 aliphatic heterocycles. The topological polar surface area (TPSA) is 150 Å². The molecule has 1 aromatic carbocycles. The predicted octanol–water partition coefficient (Wildman–Crippen LogP) is -0.589. The number of rotatable bonds is 2. The molecule has 0 bridgehead atoms. The van der Waals surface area contributed by atoms with E-state index in [0.717, 1.165) is 18.4 Å². The van der Waals surface area contributed by atoms with E-state index in [9.17, 15) is 30.3 Å². The Labute approximate surface area is 134 Å². The molecule has 1 saturated heterocycles. The van der Waals surface area contributed by atoms with Gasteiger partial charge in [0, 0.05) is 12.1 Å². The second-order valence-electron chi connectivity index (χ2n) is 5.57. The number of phenols is 2. The number of ether oxygens (including phenoxy) is 2. The number of phenolic OH excluding ortho intramolecular Hbond substituents is 2.